The van der Waals surface area contributed by atoms with Crippen molar-refractivity contribution in [3.8, 4) is 5.75 Å². The minimum absolute atomic E-state index is 0.0421. The molecule has 164 valence electrons. The third-order valence-electron chi connectivity index (χ3n) is 6.76. The number of phenolic OH excluding ortho intramolecular Hbond substituents is 1. The number of carbonyl (C=O) groups excluding carboxylic acids is 3. The van der Waals surface area contributed by atoms with Crippen molar-refractivity contribution in [2.75, 3.05) is 0 Å². The van der Waals surface area contributed by atoms with Gasteiger partial charge in [0.05, 0.1) is 16.5 Å². The SMILES string of the molecule is NC(=O)C1=C(O)CC2CC3Cc4c(c(O)c5cc(F)ccc5c4Cl)C(=O)C3=C(O)C2C1=O. The second kappa shape index (κ2) is 6.80. The highest BCUT2D eigenvalue weighted by atomic mass is 35.5. The van der Waals surface area contributed by atoms with Crippen molar-refractivity contribution in [1.82, 2.24) is 0 Å². The van der Waals surface area contributed by atoms with E-state index in [-0.39, 0.29) is 40.8 Å². The van der Waals surface area contributed by atoms with E-state index in [1.807, 2.05) is 0 Å². The number of carbonyl (C=O) groups is 3. The highest BCUT2D eigenvalue weighted by molar-refractivity contribution is 6.38. The minimum atomic E-state index is -1.19. The fourth-order valence-electron chi connectivity index (χ4n) is 5.43. The van der Waals surface area contributed by atoms with Gasteiger partial charge in [0.15, 0.2) is 11.6 Å². The molecule has 0 saturated carbocycles. The van der Waals surface area contributed by atoms with Gasteiger partial charge < -0.3 is 21.1 Å². The lowest BCUT2D eigenvalue weighted by Crippen LogP contribution is -2.43. The van der Waals surface area contributed by atoms with Crippen molar-refractivity contribution < 1.29 is 34.1 Å². The van der Waals surface area contributed by atoms with E-state index in [0.29, 0.717) is 10.9 Å². The van der Waals surface area contributed by atoms with Crippen molar-refractivity contribution in [3.05, 3.63) is 62.8 Å². The van der Waals surface area contributed by atoms with Crippen LogP contribution in [-0.2, 0) is 16.0 Å². The first-order valence-corrected chi connectivity index (χ1v) is 10.4. The van der Waals surface area contributed by atoms with Gasteiger partial charge in [-0.05, 0) is 48.4 Å². The maximum absolute atomic E-state index is 13.8. The molecule has 0 aromatic heterocycles. The summed E-state index contributed by atoms with van der Waals surface area (Å²) in [4.78, 5) is 37.9. The molecule has 0 radical (unpaired) electrons. The fourth-order valence-corrected chi connectivity index (χ4v) is 5.77. The van der Waals surface area contributed by atoms with Crippen LogP contribution in [0.25, 0.3) is 10.8 Å². The summed E-state index contributed by atoms with van der Waals surface area (Å²) < 4.78 is 13.8. The standard InChI is InChI=1S/C23H17ClFNO6/c24-18-10-2-1-9(25)6-11(10)19(28)16-12(18)4-7-3-8-5-13(27)17(23(26)32)22(31)15(8)20(29)14(7)21(16)30/h1-2,6-8,15,27-29H,3-5H2,(H2,26,32). The van der Waals surface area contributed by atoms with Crippen molar-refractivity contribution in [2.24, 2.45) is 23.5 Å². The van der Waals surface area contributed by atoms with Crippen molar-refractivity contribution in [3.63, 3.8) is 0 Å². The molecule has 1 amide bonds. The molecule has 2 aromatic rings. The summed E-state index contributed by atoms with van der Waals surface area (Å²) in [6.45, 7) is 0. The number of primary amides is 1. The Kier molecular flexibility index (Phi) is 4.36. The predicted molar refractivity (Wildman–Crippen MR) is 112 cm³/mol. The van der Waals surface area contributed by atoms with Gasteiger partial charge in [-0.25, -0.2) is 4.39 Å². The van der Waals surface area contributed by atoms with Crippen LogP contribution in [0.5, 0.6) is 5.75 Å². The Morgan fingerprint density at radius 2 is 1.84 bits per heavy atom. The number of fused-ring (bicyclic) bond motifs is 4. The maximum Gasteiger partial charge on any atom is 0.255 e. The Hall–Kier alpha value is -3.39. The van der Waals surface area contributed by atoms with E-state index in [9.17, 15) is 34.1 Å². The Morgan fingerprint density at radius 3 is 2.53 bits per heavy atom. The van der Waals surface area contributed by atoms with E-state index in [1.54, 1.807) is 0 Å². The number of nitrogens with two attached hydrogens (primary N) is 1. The number of amides is 1. The van der Waals surface area contributed by atoms with Crippen molar-refractivity contribution in [1.29, 1.82) is 0 Å². The van der Waals surface area contributed by atoms with Crippen LogP contribution >= 0.6 is 11.6 Å². The van der Waals surface area contributed by atoms with Crippen LogP contribution in [0.3, 0.4) is 0 Å². The lowest BCUT2D eigenvalue weighted by Gasteiger charge is -2.41. The number of rotatable bonds is 1. The Labute approximate surface area is 185 Å². The number of halogens is 2. The highest BCUT2D eigenvalue weighted by Crippen LogP contribution is 2.51. The zero-order valence-corrected chi connectivity index (χ0v) is 17.2. The van der Waals surface area contributed by atoms with Crippen LogP contribution in [-0.4, -0.2) is 32.8 Å². The number of phenols is 1. The first-order valence-electron chi connectivity index (χ1n) is 9.98. The zero-order chi connectivity index (χ0) is 23.1. The van der Waals surface area contributed by atoms with Gasteiger partial charge in [0, 0.05) is 22.8 Å². The smallest absolute Gasteiger partial charge is 0.255 e. The molecule has 3 aliphatic carbocycles. The fraction of sp³-hybridized carbons (Fsp3) is 0.261. The third-order valence-corrected chi connectivity index (χ3v) is 7.19. The molecule has 5 rings (SSSR count). The third kappa shape index (κ3) is 2.62. The average Bonchev–Trinajstić information content (AvgIpc) is 2.70. The van der Waals surface area contributed by atoms with Gasteiger partial charge in [0.25, 0.3) is 5.91 Å². The molecule has 0 bridgehead atoms. The molecule has 3 unspecified atom stereocenters. The highest BCUT2D eigenvalue weighted by Gasteiger charge is 2.50. The van der Waals surface area contributed by atoms with Gasteiger partial charge in [-0.3, -0.25) is 14.4 Å². The quantitative estimate of drug-likeness (QED) is 0.484. The van der Waals surface area contributed by atoms with Crippen LogP contribution in [0, 0.1) is 23.6 Å². The van der Waals surface area contributed by atoms with Gasteiger partial charge in [0.1, 0.15) is 28.7 Å². The topological polar surface area (TPSA) is 138 Å². The van der Waals surface area contributed by atoms with E-state index in [1.165, 1.54) is 12.1 Å². The molecule has 3 atom stereocenters. The Balaban J connectivity index is 1.71. The molecule has 0 spiro atoms. The number of aliphatic hydroxyl groups excluding tert-OH is 2. The van der Waals surface area contributed by atoms with E-state index in [2.05, 4.69) is 0 Å². The number of hydrogen-bond acceptors (Lipinski definition) is 6. The largest absolute Gasteiger partial charge is 0.511 e. The number of hydrogen-bond donors (Lipinski definition) is 4. The van der Waals surface area contributed by atoms with Crippen LogP contribution < -0.4 is 5.73 Å². The lowest BCUT2D eigenvalue weighted by atomic mass is 9.62. The maximum atomic E-state index is 13.8. The molecule has 2 aromatic carbocycles. The molecule has 0 aliphatic heterocycles. The molecule has 0 saturated heterocycles. The second-order valence-electron chi connectivity index (χ2n) is 8.46. The summed E-state index contributed by atoms with van der Waals surface area (Å²) >= 11 is 6.54. The first kappa shape index (κ1) is 20.5. The molecule has 5 N–H and O–H groups in total. The number of allylic oxidation sites excluding steroid dienone is 3. The molecule has 7 nitrogen and oxygen atoms in total. The van der Waals surface area contributed by atoms with Gasteiger partial charge in [-0.2, -0.15) is 0 Å². The Morgan fingerprint density at radius 1 is 1.12 bits per heavy atom. The molecule has 32 heavy (non-hydrogen) atoms. The molecular formula is C23H17ClFNO6. The van der Waals surface area contributed by atoms with Crippen molar-refractivity contribution >= 4 is 39.8 Å². The number of benzene rings is 2. The molecule has 3 aliphatic rings. The lowest BCUT2D eigenvalue weighted by molar-refractivity contribution is -0.126. The van der Waals surface area contributed by atoms with Gasteiger partial charge in [-0.1, -0.05) is 11.6 Å². The summed E-state index contributed by atoms with van der Waals surface area (Å²) in [6.07, 6.45) is 0.430. The van der Waals surface area contributed by atoms with Crippen LogP contribution in [0.4, 0.5) is 4.39 Å². The zero-order valence-electron chi connectivity index (χ0n) is 16.5. The van der Waals surface area contributed by atoms with Crippen LogP contribution in [0.15, 0.2) is 40.9 Å². The normalized spacial score (nSPS) is 25.0. The second-order valence-corrected chi connectivity index (χ2v) is 8.84. The number of Topliss-reactive ketones (excluding diaryl/α,β-unsaturated/α-hetero) is 2. The van der Waals surface area contributed by atoms with E-state index in [0.717, 1.165) is 6.07 Å². The molecule has 9 heteroatoms. The number of aromatic hydroxyl groups is 1. The summed E-state index contributed by atoms with van der Waals surface area (Å²) in [7, 11) is 0. The van der Waals surface area contributed by atoms with E-state index in [4.69, 9.17) is 17.3 Å². The molecule has 0 heterocycles. The van der Waals surface area contributed by atoms with E-state index < -0.39 is 63.9 Å². The van der Waals surface area contributed by atoms with E-state index >= 15 is 0 Å². The first-order chi connectivity index (χ1) is 15.1. The Bertz CT molecular complexity index is 1340. The number of ketones is 2. The average molecular weight is 458 g/mol. The summed E-state index contributed by atoms with van der Waals surface area (Å²) in [5.74, 6) is -6.87. The van der Waals surface area contributed by atoms with Gasteiger partial charge in [0.2, 0.25) is 0 Å². The number of aliphatic hydroxyl groups is 2. The van der Waals surface area contributed by atoms with Gasteiger partial charge >= 0.3 is 0 Å². The minimum Gasteiger partial charge on any atom is -0.511 e. The molecule has 0 fully saturated rings. The van der Waals surface area contributed by atoms with Crippen LogP contribution in [0.1, 0.15) is 28.8 Å². The summed E-state index contributed by atoms with van der Waals surface area (Å²) in [6, 6.07) is 3.69. The summed E-state index contributed by atoms with van der Waals surface area (Å²) in [5, 5.41) is 32.6. The van der Waals surface area contributed by atoms with Gasteiger partial charge in [-0.15, -0.1) is 0 Å². The monoisotopic (exact) mass is 457 g/mol. The van der Waals surface area contributed by atoms with Crippen molar-refractivity contribution in [2.45, 2.75) is 19.3 Å². The van der Waals surface area contributed by atoms with Crippen LogP contribution in [0.2, 0.25) is 5.02 Å². The predicted octanol–water partition coefficient (Wildman–Crippen LogP) is 3.41. The summed E-state index contributed by atoms with van der Waals surface area (Å²) in [5.41, 5.74) is 4.84. The molecular weight excluding hydrogens is 441 g/mol.